The van der Waals surface area contributed by atoms with E-state index < -0.39 is 17.9 Å². The number of piperidine rings is 1. The van der Waals surface area contributed by atoms with Gasteiger partial charge in [-0.25, -0.2) is 9.69 Å². The van der Waals surface area contributed by atoms with E-state index in [0.717, 1.165) is 22.3 Å². The molecule has 1 aromatic carbocycles. The third-order valence-electron chi connectivity index (χ3n) is 6.63. The smallest absolute Gasteiger partial charge is 0.434 e. The lowest BCUT2D eigenvalue weighted by atomic mass is 9.84. The fraction of sp³-hybridized carbons (Fsp3) is 0.640. The van der Waals surface area contributed by atoms with E-state index in [1.807, 2.05) is 30.7 Å². The van der Waals surface area contributed by atoms with Gasteiger partial charge in [0.05, 0.1) is 32.5 Å². The molecule has 2 heterocycles. The predicted octanol–water partition coefficient (Wildman–Crippen LogP) is 3.15. The summed E-state index contributed by atoms with van der Waals surface area (Å²) in [6, 6.07) is 4.14. The Hall–Kier alpha value is -2.01. The fourth-order valence-corrected chi connectivity index (χ4v) is 5.17. The van der Waals surface area contributed by atoms with Gasteiger partial charge in [0.25, 0.3) is 0 Å². The van der Waals surface area contributed by atoms with Crippen LogP contribution in [0, 0.1) is 20.8 Å². The number of aryl methyl sites for hydroxylation is 3. The number of aliphatic hydroxyl groups excluding tert-OH is 1. The van der Waals surface area contributed by atoms with Crippen molar-refractivity contribution in [3.8, 4) is 0 Å². The standard InChI is InChI=1S/C25H38N2O7/c1-7-33-24(29)34-22-21(20-18(3)14-17(2)15-19(20)4)23(28)27(16-32-13-12-30-5)25(22)8-10-26(31-6)11-9-25/h14-15,23,28H,7-13,16H2,1-6H3. The van der Waals surface area contributed by atoms with Crippen molar-refractivity contribution in [1.82, 2.24) is 9.96 Å². The predicted molar refractivity (Wildman–Crippen MR) is 127 cm³/mol. The summed E-state index contributed by atoms with van der Waals surface area (Å²) in [6.45, 7) is 10.2. The van der Waals surface area contributed by atoms with E-state index >= 15 is 0 Å². The monoisotopic (exact) mass is 478 g/mol. The van der Waals surface area contributed by atoms with Crippen LogP contribution in [0.15, 0.2) is 17.9 Å². The van der Waals surface area contributed by atoms with Crippen molar-refractivity contribution < 1.29 is 33.7 Å². The highest BCUT2D eigenvalue weighted by molar-refractivity contribution is 5.80. The minimum absolute atomic E-state index is 0.153. The van der Waals surface area contributed by atoms with Crippen LogP contribution in [0.4, 0.5) is 4.79 Å². The van der Waals surface area contributed by atoms with Crippen LogP contribution < -0.4 is 0 Å². The number of carbonyl (C=O) groups is 1. The molecule has 1 atom stereocenters. The Kier molecular flexibility index (Phi) is 9.08. The van der Waals surface area contributed by atoms with Gasteiger partial charge in [-0.3, -0.25) is 0 Å². The van der Waals surface area contributed by atoms with Gasteiger partial charge in [0.15, 0.2) is 0 Å². The second-order valence-electron chi connectivity index (χ2n) is 8.82. The quantitative estimate of drug-likeness (QED) is 0.425. The minimum atomic E-state index is -1.03. The van der Waals surface area contributed by atoms with Crippen molar-refractivity contribution >= 4 is 11.7 Å². The number of ether oxygens (including phenoxy) is 4. The van der Waals surface area contributed by atoms with Gasteiger partial charge >= 0.3 is 6.16 Å². The van der Waals surface area contributed by atoms with E-state index in [1.54, 1.807) is 21.1 Å². The second-order valence-corrected chi connectivity index (χ2v) is 8.82. The zero-order chi connectivity index (χ0) is 24.9. The highest BCUT2D eigenvalue weighted by Gasteiger charge is 2.56. The first kappa shape index (κ1) is 26.6. The number of hydroxylamine groups is 2. The maximum Gasteiger partial charge on any atom is 0.513 e. The molecule has 1 unspecified atom stereocenters. The van der Waals surface area contributed by atoms with Crippen LogP contribution in [-0.2, 0) is 23.8 Å². The van der Waals surface area contributed by atoms with Gasteiger partial charge in [-0.15, -0.1) is 0 Å². The van der Waals surface area contributed by atoms with E-state index in [2.05, 4.69) is 12.1 Å². The van der Waals surface area contributed by atoms with Crippen molar-refractivity contribution in [3.05, 3.63) is 40.1 Å². The van der Waals surface area contributed by atoms with Crippen LogP contribution in [0.1, 0.15) is 42.0 Å². The molecule has 3 rings (SSSR count). The van der Waals surface area contributed by atoms with Crippen LogP contribution in [0.2, 0.25) is 0 Å². The SMILES string of the molecule is CCOC(=O)OC1=C(c2c(C)cc(C)cc2C)C(O)N(COCCOC)C12CCN(OC)CC2. The molecule has 0 saturated carbocycles. The highest BCUT2D eigenvalue weighted by Crippen LogP contribution is 2.50. The van der Waals surface area contributed by atoms with Crippen LogP contribution in [0.3, 0.4) is 0 Å². The molecule has 0 aliphatic carbocycles. The molecule has 1 N–H and O–H groups in total. The molecule has 9 heteroatoms. The van der Waals surface area contributed by atoms with Gasteiger partial charge in [0.1, 0.15) is 18.7 Å². The summed E-state index contributed by atoms with van der Waals surface area (Å²) in [4.78, 5) is 19.9. The lowest BCUT2D eigenvalue weighted by Crippen LogP contribution is -2.57. The summed E-state index contributed by atoms with van der Waals surface area (Å²) in [6.07, 6.45) is -0.650. The summed E-state index contributed by atoms with van der Waals surface area (Å²) in [7, 11) is 3.26. The van der Waals surface area contributed by atoms with Gasteiger partial charge in [-0.2, -0.15) is 5.06 Å². The molecule has 190 valence electrons. The number of methoxy groups -OCH3 is 1. The Balaban J connectivity index is 2.14. The highest BCUT2D eigenvalue weighted by atomic mass is 16.7. The van der Waals surface area contributed by atoms with Crippen molar-refractivity contribution in [2.75, 3.05) is 53.9 Å². The molecular weight excluding hydrogens is 440 g/mol. The van der Waals surface area contributed by atoms with Crippen LogP contribution in [0.5, 0.6) is 0 Å². The largest absolute Gasteiger partial charge is 0.513 e. The lowest BCUT2D eigenvalue weighted by Gasteiger charge is -2.45. The zero-order valence-corrected chi connectivity index (χ0v) is 21.2. The zero-order valence-electron chi connectivity index (χ0n) is 21.2. The molecule has 1 aromatic rings. The third kappa shape index (κ3) is 5.30. The van der Waals surface area contributed by atoms with Gasteiger partial charge in [-0.1, -0.05) is 17.7 Å². The number of hydrogen-bond acceptors (Lipinski definition) is 9. The first-order valence-corrected chi connectivity index (χ1v) is 11.8. The number of hydrogen-bond donors (Lipinski definition) is 1. The number of benzene rings is 1. The molecule has 0 aromatic heterocycles. The van der Waals surface area contributed by atoms with Gasteiger partial charge in [0.2, 0.25) is 0 Å². The van der Waals surface area contributed by atoms with Crippen LogP contribution >= 0.6 is 0 Å². The first-order valence-electron chi connectivity index (χ1n) is 11.8. The molecule has 1 spiro atoms. The topological polar surface area (TPSA) is 89.9 Å². The van der Waals surface area contributed by atoms with Crippen molar-refractivity contribution in [2.45, 2.75) is 52.3 Å². The number of carbonyl (C=O) groups excluding carboxylic acids is 1. The number of nitrogens with zero attached hydrogens (tertiary/aromatic N) is 2. The summed E-state index contributed by atoms with van der Waals surface area (Å²) >= 11 is 0. The van der Waals surface area contributed by atoms with Gasteiger partial charge < -0.3 is 28.9 Å². The Bertz CT molecular complexity index is 870. The van der Waals surface area contributed by atoms with Crippen molar-refractivity contribution in [1.29, 1.82) is 0 Å². The van der Waals surface area contributed by atoms with Gasteiger partial charge in [-0.05, 0) is 57.2 Å². The first-order chi connectivity index (χ1) is 16.3. The molecule has 2 aliphatic rings. The Morgan fingerprint density at radius 1 is 1.12 bits per heavy atom. The average molecular weight is 479 g/mol. The molecular formula is C25H38N2O7. The van der Waals surface area contributed by atoms with Crippen molar-refractivity contribution in [3.63, 3.8) is 0 Å². The van der Waals surface area contributed by atoms with E-state index in [-0.39, 0.29) is 13.3 Å². The number of rotatable bonds is 9. The molecule has 2 aliphatic heterocycles. The maximum absolute atomic E-state index is 12.6. The Morgan fingerprint density at radius 2 is 1.76 bits per heavy atom. The Morgan fingerprint density at radius 3 is 2.32 bits per heavy atom. The summed E-state index contributed by atoms with van der Waals surface area (Å²) < 4.78 is 22.1. The summed E-state index contributed by atoms with van der Waals surface area (Å²) in [5.74, 6) is 0.430. The number of aliphatic hydroxyl groups is 1. The van der Waals surface area contributed by atoms with E-state index in [4.69, 9.17) is 23.8 Å². The van der Waals surface area contributed by atoms with Crippen molar-refractivity contribution in [2.24, 2.45) is 0 Å². The molecule has 9 nitrogen and oxygen atoms in total. The molecule has 0 amide bonds. The summed E-state index contributed by atoms with van der Waals surface area (Å²) in [5.41, 5.74) is 3.84. The van der Waals surface area contributed by atoms with E-state index in [9.17, 15) is 9.90 Å². The molecule has 1 fully saturated rings. The van der Waals surface area contributed by atoms with Crippen LogP contribution in [0.25, 0.3) is 5.57 Å². The van der Waals surface area contributed by atoms with E-state index in [1.165, 1.54) is 0 Å². The maximum atomic E-state index is 12.6. The molecule has 1 saturated heterocycles. The Labute approximate surface area is 202 Å². The average Bonchev–Trinajstić information content (AvgIpc) is 2.99. The molecule has 0 bridgehead atoms. The third-order valence-corrected chi connectivity index (χ3v) is 6.63. The minimum Gasteiger partial charge on any atom is -0.434 e. The summed E-state index contributed by atoms with van der Waals surface area (Å²) in [5, 5.41) is 13.6. The second kappa shape index (κ2) is 11.6. The van der Waals surface area contributed by atoms with E-state index in [0.29, 0.717) is 50.5 Å². The van der Waals surface area contributed by atoms with Gasteiger partial charge in [0, 0.05) is 25.8 Å². The fourth-order valence-electron chi connectivity index (χ4n) is 5.17. The lowest BCUT2D eigenvalue weighted by molar-refractivity contribution is -0.177. The van der Waals surface area contributed by atoms with Crippen LogP contribution in [-0.4, -0.2) is 86.9 Å². The normalized spacial score (nSPS) is 20.9. The molecule has 34 heavy (non-hydrogen) atoms. The molecule has 0 radical (unpaired) electrons.